The van der Waals surface area contributed by atoms with E-state index in [1.54, 1.807) is 4.90 Å². The smallest absolute Gasteiger partial charge is 0.255 e. The van der Waals surface area contributed by atoms with Crippen molar-refractivity contribution in [2.75, 3.05) is 26.2 Å². The van der Waals surface area contributed by atoms with Crippen molar-refractivity contribution >= 4 is 28.5 Å². The number of carbonyl (C=O) groups is 1. The Morgan fingerprint density at radius 3 is 2.48 bits per heavy atom. The lowest BCUT2D eigenvalue weighted by Gasteiger charge is -2.40. The summed E-state index contributed by atoms with van der Waals surface area (Å²) in [5.74, 6) is -0.412. The molecule has 0 N–H and O–H groups in total. The van der Waals surface area contributed by atoms with Crippen LogP contribution in [-0.2, 0) is 0 Å². The lowest BCUT2D eigenvalue weighted by molar-refractivity contribution is 0.0520. The van der Waals surface area contributed by atoms with Gasteiger partial charge in [-0.15, -0.1) is 0 Å². The zero-order valence-corrected chi connectivity index (χ0v) is 14.2. The summed E-state index contributed by atoms with van der Waals surface area (Å²) in [4.78, 5) is 16.3. The Kier molecular flexibility index (Phi) is 4.84. The number of nitriles is 1. The van der Waals surface area contributed by atoms with Crippen LogP contribution in [0.4, 0.5) is 4.39 Å². The first-order chi connectivity index (χ1) is 9.85. The lowest BCUT2D eigenvalue weighted by atomic mass is 10.0. The molecule has 0 bridgehead atoms. The zero-order valence-electron chi connectivity index (χ0n) is 12.1. The minimum atomic E-state index is -0.514. The minimum absolute atomic E-state index is 0.0752. The number of hydrogen-bond donors (Lipinski definition) is 0. The molecular formula is C15H17FIN3O. The molecule has 1 fully saturated rings. The first kappa shape index (κ1) is 16.2. The summed E-state index contributed by atoms with van der Waals surface area (Å²) in [5.41, 5.74) is 0.0180. The normalized spacial score (nSPS) is 16.6. The quantitative estimate of drug-likeness (QED) is 0.716. The van der Waals surface area contributed by atoms with Gasteiger partial charge < -0.3 is 4.90 Å². The van der Waals surface area contributed by atoms with Crippen molar-refractivity contribution in [3.05, 3.63) is 33.1 Å². The summed E-state index contributed by atoms with van der Waals surface area (Å²) in [7, 11) is 0. The van der Waals surface area contributed by atoms with E-state index in [0.717, 1.165) is 0 Å². The highest BCUT2D eigenvalue weighted by atomic mass is 127. The molecule has 4 nitrogen and oxygen atoms in total. The van der Waals surface area contributed by atoms with Gasteiger partial charge in [-0.3, -0.25) is 9.69 Å². The molecule has 0 unspecified atom stereocenters. The fraction of sp³-hybridized carbons (Fsp3) is 0.467. The molecule has 1 aromatic carbocycles. The molecule has 1 saturated heterocycles. The van der Waals surface area contributed by atoms with Gasteiger partial charge in [-0.25, -0.2) is 4.39 Å². The maximum absolute atomic E-state index is 13.1. The highest BCUT2D eigenvalue weighted by Crippen LogP contribution is 2.20. The van der Waals surface area contributed by atoms with Crippen molar-refractivity contribution in [1.29, 1.82) is 5.26 Å². The molecule has 1 amide bonds. The van der Waals surface area contributed by atoms with E-state index in [2.05, 4.69) is 11.0 Å². The monoisotopic (exact) mass is 401 g/mol. The first-order valence-electron chi connectivity index (χ1n) is 6.76. The Labute approximate surface area is 137 Å². The van der Waals surface area contributed by atoms with Crippen LogP contribution in [0.25, 0.3) is 0 Å². The van der Waals surface area contributed by atoms with E-state index in [-0.39, 0.29) is 11.7 Å². The van der Waals surface area contributed by atoms with E-state index in [1.807, 2.05) is 36.4 Å². The molecule has 1 aliphatic heterocycles. The number of amides is 1. The summed E-state index contributed by atoms with van der Waals surface area (Å²) in [6.07, 6.45) is 0. The van der Waals surface area contributed by atoms with Gasteiger partial charge in [-0.05, 0) is 54.6 Å². The molecule has 1 aromatic rings. The van der Waals surface area contributed by atoms with Gasteiger partial charge in [-0.1, -0.05) is 0 Å². The van der Waals surface area contributed by atoms with Gasteiger partial charge in [-0.2, -0.15) is 5.26 Å². The van der Waals surface area contributed by atoms with Crippen LogP contribution in [-0.4, -0.2) is 47.4 Å². The Balaban J connectivity index is 2.06. The standard InChI is InChI=1S/C15H17FIN3O/c1-15(2,10-18)20-7-5-19(6-8-20)14(21)12-4-3-11(16)9-13(12)17/h3-4,9H,5-8H2,1-2H3. The third kappa shape index (κ3) is 3.52. The zero-order chi connectivity index (χ0) is 15.6. The average molecular weight is 401 g/mol. The predicted molar refractivity (Wildman–Crippen MR) is 86.3 cm³/mol. The van der Waals surface area contributed by atoms with E-state index in [0.29, 0.717) is 35.3 Å². The fourth-order valence-electron chi connectivity index (χ4n) is 2.37. The second-order valence-corrected chi connectivity index (χ2v) is 6.74. The molecular weight excluding hydrogens is 384 g/mol. The summed E-state index contributed by atoms with van der Waals surface area (Å²) < 4.78 is 13.7. The molecule has 0 aliphatic carbocycles. The number of rotatable bonds is 2. The minimum Gasteiger partial charge on any atom is -0.336 e. The summed E-state index contributed by atoms with van der Waals surface area (Å²) in [6, 6.07) is 6.49. The second-order valence-electron chi connectivity index (χ2n) is 5.57. The summed E-state index contributed by atoms with van der Waals surface area (Å²) in [5, 5.41) is 9.15. The molecule has 1 aliphatic rings. The van der Waals surface area contributed by atoms with Crippen LogP contribution < -0.4 is 0 Å². The van der Waals surface area contributed by atoms with Gasteiger partial charge in [0, 0.05) is 29.7 Å². The Morgan fingerprint density at radius 2 is 1.95 bits per heavy atom. The summed E-state index contributed by atoms with van der Waals surface area (Å²) >= 11 is 1.98. The molecule has 1 heterocycles. The Hall–Kier alpha value is -1.20. The third-order valence-corrected chi connectivity index (χ3v) is 4.69. The Morgan fingerprint density at radius 1 is 1.33 bits per heavy atom. The van der Waals surface area contributed by atoms with Gasteiger partial charge in [0.15, 0.2) is 0 Å². The highest BCUT2D eigenvalue weighted by molar-refractivity contribution is 14.1. The van der Waals surface area contributed by atoms with Gasteiger partial charge in [0.25, 0.3) is 5.91 Å². The molecule has 2 rings (SSSR count). The molecule has 6 heteroatoms. The number of halogens is 2. The van der Waals surface area contributed by atoms with Crippen LogP contribution in [0.15, 0.2) is 18.2 Å². The highest BCUT2D eigenvalue weighted by Gasteiger charge is 2.31. The van der Waals surface area contributed by atoms with Crippen molar-refractivity contribution in [2.45, 2.75) is 19.4 Å². The van der Waals surface area contributed by atoms with Crippen molar-refractivity contribution in [3.8, 4) is 6.07 Å². The van der Waals surface area contributed by atoms with Crippen LogP contribution in [0, 0.1) is 20.7 Å². The van der Waals surface area contributed by atoms with Crippen molar-refractivity contribution in [3.63, 3.8) is 0 Å². The average Bonchev–Trinajstić information content (AvgIpc) is 2.47. The largest absolute Gasteiger partial charge is 0.336 e. The van der Waals surface area contributed by atoms with Crippen molar-refractivity contribution < 1.29 is 9.18 Å². The molecule has 112 valence electrons. The maximum atomic E-state index is 13.1. The van der Waals surface area contributed by atoms with E-state index in [9.17, 15) is 9.18 Å². The van der Waals surface area contributed by atoms with Gasteiger partial charge in [0.05, 0.1) is 11.6 Å². The topological polar surface area (TPSA) is 47.3 Å². The van der Waals surface area contributed by atoms with E-state index >= 15 is 0 Å². The molecule has 0 radical (unpaired) electrons. The van der Waals surface area contributed by atoms with Gasteiger partial charge in [0.2, 0.25) is 0 Å². The molecule has 0 atom stereocenters. The van der Waals surface area contributed by atoms with Crippen LogP contribution in [0.3, 0.4) is 0 Å². The fourth-order valence-corrected chi connectivity index (χ4v) is 3.08. The number of piperazine rings is 1. The number of hydrogen-bond acceptors (Lipinski definition) is 3. The first-order valence-corrected chi connectivity index (χ1v) is 7.83. The van der Waals surface area contributed by atoms with Gasteiger partial charge in [0.1, 0.15) is 11.4 Å². The van der Waals surface area contributed by atoms with E-state index in [1.165, 1.54) is 18.2 Å². The van der Waals surface area contributed by atoms with E-state index < -0.39 is 5.54 Å². The number of nitrogens with zero attached hydrogens (tertiary/aromatic N) is 3. The van der Waals surface area contributed by atoms with Crippen LogP contribution in [0.5, 0.6) is 0 Å². The van der Waals surface area contributed by atoms with E-state index in [4.69, 9.17) is 5.26 Å². The number of carbonyl (C=O) groups excluding carboxylic acids is 1. The second kappa shape index (κ2) is 6.28. The molecule has 21 heavy (non-hydrogen) atoms. The SMILES string of the molecule is CC(C)(C#N)N1CCN(C(=O)c2ccc(F)cc2I)CC1. The predicted octanol–water partition coefficient (Wildman–Crippen LogP) is 2.49. The van der Waals surface area contributed by atoms with Crippen LogP contribution >= 0.6 is 22.6 Å². The van der Waals surface area contributed by atoms with Crippen molar-refractivity contribution in [2.24, 2.45) is 0 Å². The Bertz CT molecular complexity index is 589. The summed E-state index contributed by atoms with van der Waals surface area (Å²) in [6.45, 7) is 6.27. The van der Waals surface area contributed by atoms with Crippen molar-refractivity contribution in [1.82, 2.24) is 9.80 Å². The lowest BCUT2D eigenvalue weighted by Crippen LogP contribution is -2.55. The maximum Gasteiger partial charge on any atom is 0.255 e. The van der Waals surface area contributed by atoms with Crippen LogP contribution in [0.1, 0.15) is 24.2 Å². The molecule has 0 saturated carbocycles. The molecule has 0 aromatic heterocycles. The van der Waals surface area contributed by atoms with Gasteiger partial charge >= 0.3 is 0 Å². The number of benzene rings is 1. The molecule has 0 spiro atoms. The van der Waals surface area contributed by atoms with Crippen LogP contribution in [0.2, 0.25) is 0 Å². The third-order valence-electron chi connectivity index (χ3n) is 3.79.